The van der Waals surface area contributed by atoms with Crippen molar-refractivity contribution in [3.8, 4) is 44.5 Å². The molecule has 0 unspecified atom stereocenters. The maximum atomic E-state index is 2.22. The van der Waals surface area contributed by atoms with Gasteiger partial charge in [-0.2, -0.15) is 0 Å². The van der Waals surface area contributed by atoms with Gasteiger partial charge in [-0.1, -0.05) is 194 Å². The molecule has 0 N–H and O–H groups in total. The first kappa shape index (κ1) is 34.6. The molecular formula is C52H40Ti. The molecule has 0 radical (unpaired) electrons. The maximum Gasteiger partial charge on any atom is 0 e. The molecule has 8 aromatic rings. The van der Waals surface area contributed by atoms with Crippen LogP contribution in [0.3, 0.4) is 0 Å². The van der Waals surface area contributed by atoms with E-state index in [1.165, 1.54) is 89.0 Å². The Balaban J connectivity index is 0.0000001000. The number of hydrogen-bond acceptors (Lipinski definition) is 0. The van der Waals surface area contributed by atoms with Crippen LogP contribution in [-0.4, -0.2) is 0 Å². The van der Waals surface area contributed by atoms with Crippen LogP contribution in [0.2, 0.25) is 0 Å². The fourth-order valence-corrected chi connectivity index (χ4v) is 8.32. The topological polar surface area (TPSA) is 0 Å². The molecule has 4 aliphatic carbocycles. The molecule has 0 bridgehead atoms. The molecule has 252 valence electrons. The van der Waals surface area contributed by atoms with Crippen molar-refractivity contribution in [3.05, 3.63) is 239 Å². The zero-order valence-electron chi connectivity index (χ0n) is 29.8. The van der Waals surface area contributed by atoms with Crippen molar-refractivity contribution in [2.45, 2.75) is 25.7 Å². The molecule has 0 amide bonds. The van der Waals surface area contributed by atoms with Gasteiger partial charge in [-0.15, -0.1) is 0 Å². The fourth-order valence-electron chi connectivity index (χ4n) is 8.32. The van der Waals surface area contributed by atoms with Crippen LogP contribution in [0.5, 0.6) is 0 Å². The Hall–Kier alpha value is -5.53. The zero-order valence-corrected chi connectivity index (χ0v) is 31.4. The summed E-state index contributed by atoms with van der Waals surface area (Å²) in [5, 5.41) is 0. The second-order valence-electron chi connectivity index (χ2n) is 14.0. The molecule has 53 heavy (non-hydrogen) atoms. The first-order chi connectivity index (χ1) is 25.8. The molecule has 0 saturated heterocycles. The Morgan fingerprint density at radius 1 is 0.170 bits per heavy atom. The van der Waals surface area contributed by atoms with E-state index in [4.69, 9.17) is 0 Å². The monoisotopic (exact) mass is 712 g/mol. The minimum Gasteiger partial charge on any atom is -0.0619 e. The summed E-state index contributed by atoms with van der Waals surface area (Å²) < 4.78 is 0. The van der Waals surface area contributed by atoms with Gasteiger partial charge in [-0.05, 0) is 115 Å². The van der Waals surface area contributed by atoms with E-state index in [1.807, 2.05) is 0 Å². The van der Waals surface area contributed by atoms with E-state index in [1.54, 1.807) is 0 Å². The second kappa shape index (κ2) is 15.6. The third kappa shape index (κ3) is 7.01. The molecule has 0 aromatic heterocycles. The van der Waals surface area contributed by atoms with E-state index in [0.717, 1.165) is 25.7 Å². The van der Waals surface area contributed by atoms with Crippen molar-refractivity contribution in [1.29, 1.82) is 0 Å². The van der Waals surface area contributed by atoms with Gasteiger partial charge in [-0.25, -0.2) is 0 Å². The predicted octanol–water partition coefficient (Wildman–Crippen LogP) is 13.0. The van der Waals surface area contributed by atoms with E-state index in [-0.39, 0.29) is 21.7 Å². The largest absolute Gasteiger partial charge is 0.0619 e. The zero-order chi connectivity index (χ0) is 34.7. The SMILES string of the molecule is [Ti].c1ccc2c(c1)Cc1ccccc1-2.c1ccc2c(c1)Cc1ccccc1-2.c1ccc2c(c1)Cc1ccccc1-2.c1ccc2c(c1)Cc1ccccc1-2. The minimum atomic E-state index is 0. The molecule has 0 spiro atoms. The van der Waals surface area contributed by atoms with Crippen molar-refractivity contribution >= 4 is 0 Å². The number of hydrogen-bond donors (Lipinski definition) is 0. The third-order valence-corrected chi connectivity index (χ3v) is 10.8. The van der Waals surface area contributed by atoms with Gasteiger partial charge in [0, 0.05) is 21.7 Å². The molecule has 0 heterocycles. The summed E-state index contributed by atoms with van der Waals surface area (Å²) in [6.45, 7) is 0. The Morgan fingerprint density at radius 3 is 0.415 bits per heavy atom. The number of fused-ring (bicyclic) bond motifs is 12. The minimum absolute atomic E-state index is 0. The van der Waals surface area contributed by atoms with Crippen molar-refractivity contribution in [1.82, 2.24) is 0 Å². The summed E-state index contributed by atoms with van der Waals surface area (Å²) in [4.78, 5) is 0. The molecule has 0 nitrogen and oxygen atoms in total. The van der Waals surface area contributed by atoms with Crippen LogP contribution in [0.25, 0.3) is 44.5 Å². The Kier molecular flexibility index (Phi) is 10.2. The Labute approximate surface area is 328 Å². The van der Waals surface area contributed by atoms with Gasteiger partial charge in [0.15, 0.2) is 0 Å². The van der Waals surface area contributed by atoms with Crippen LogP contribution >= 0.6 is 0 Å². The normalized spacial score (nSPS) is 12.1. The van der Waals surface area contributed by atoms with Gasteiger partial charge in [0.25, 0.3) is 0 Å². The third-order valence-electron chi connectivity index (χ3n) is 10.8. The van der Waals surface area contributed by atoms with E-state index in [2.05, 4.69) is 194 Å². The molecule has 4 aliphatic rings. The molecular weight excluding hydrogens is 672 g/mol. The van der Waals surface area contributed by atoms with E-state index in [0.29, 0.717) is 0 Å². The van der Waals surface area contributed by atoms with Crippen LogP contribution < -0.4 is 0 Å². The Bertz CT molecular complexity index is 2010. The van der Waals surface area contributed by atoms with E-state index in [9.17, 15) is 0 Å². The van der Waals surface area contributed by atoms with Gasteiger partial charge in [0.2, 0.25) is 0 Å². The maximum absolute atomic E-state index is 2.22. The average Bonchev–Trinajstić information content (AvgIpc) is 3.98. The predicted molar refractivity (Wildman–Crippen MR) is 219 cm³/mol. The Morgan fingerprint density at radius 2 is 0.283 bits per heavy atom. The van der Waals surface area contributed by atoms with Gasteiger partial charge in [0.1, 0.15) is 0 Å². The smallest absolute Gasteiger partial charge is 0 e. The van der Waals surface area contributed by atoms with Gasteiger partial charge >= 0.3 is 0 Å². The first-order valence-electron chi connectivity index (χ1n) is 18.4. The van der Waals surface area contributed by atoms with Crippen LogP contribution in [-0.2, 0) is 47.4 Å². The van der Waals surface area contributed by atoms with Crippen LogP contribution in [0, 0.1) is 0 Å². The van der Waals surface area contributed by atoms with Gasteiger partial charge in [0.05, 0.1) is 0 Å². The van der Waals surface area contributed by atoms with Crippen LogP contribution in [0.15, 0.2) is 194 Å². The summed E-state index contributed by atoms with van der Waals surface area (Å²) in [5.74, 6) is 0. The molecule has 0 fully saturated rings. The summed E-state index contributed by atoms with van der Waals surface area (Å²) >= 11 is 0. The van der Waals surface area contributed by atoms with Crippen molar-refractivity contribution < 1.29 is 21.7 Å². The summed E-state index contributed by atoms with van der Waals surface area (Å²) in [6, 6.07) is 69.2. The first-order valence-corrected chi connectivity index (χ1v) is 18.4. The average molecular weight is 713 g/mol. The van der Waals surface area contributed by atoms with Crippen LogP contribution in [0.1, 0.15) is 44.5 Å². The standard InChI is InChI=1S/4C13H10.Ti/c4*1-3-7-12-10(5-1)9-11-6-2-4-8-13(11)12;/h4*1-8H,9H2;. The number of benzene rings is 8. The molecule has 1 heteroatoms. The molecule has 0 aliphatic heterocycles. The van der Waals surface area contributed by atoms with Crippen molar-refractivity contribution in [2.75, 3.05) is 0 Å². The molecule has 0 atom stereocenters. The summed E-state index contributed by atoms with van der Waals surface area (Å²) in [7, 11) is 0. The number of rotatable bonds is 0. The van der Waals surface area contributed by atoms with E-state index < -0.39 is 0 Å². The van der Waals surface area contributed by atoms with Gasteiger partial charge < -0.3 is 0 Å². The molecule has 0 saturated carbocycles. The summed E-state index contributed by atoms with van der Waals surface area (Å²) in [6.07, 6.45) is 4.41. The van der Waals surface area contributed by atoms with Crippen LogP contribution in [0.4, 0.5) is 0 Å². The second-order valence-corrected chi connectivity index (χ2v) is 14.0. The quantitative estimate of drug-likeness (QED) is 0.137. The fraction of sp³-hybridized carbons (Fsp3) is 0.0769. The van der Waals surface area contributed by atoms with Gasteiger partial charge in [-0.3, -0.25) is 0 Å². The van der Waals surface area contributed by atoms with Crippen molar-refractivity contribution in [2.24, 2.45) is 0 Å². The summed E-state index contributed by atoms with van der Waals surface area (Å²) in [5.41, 5.74) is 23.0. The van der Waals surface area contributed by atoms with Crippen molar-refractivity contribution in [3.63, 3.8) is 0 Å². The molecule has 12 rings (SSSR count). The molecule has 8 aromatic carbocycles. The van der Waals surface area contributed by atoms with E-state index >= 15 is 0 Å².